The number of hydrogen-bond acceptors (Lipinski definition) is 7. The third kappa shape index (κ3) is 7.52. The Morgan fingerprint density at radius 2 is 1.84 bits per heavy atom. The molecule has 0 aliphatic carbocycles. The van der Waals surface area contributed by atoms with Crippen molar-refractivity contribution >= 4 is 22.6 Å². The van der Waals surface area contributed by atoms with Gasteiger partial charge in [0.25, 0.3) is 0 Å². The van der Waals surface area contributed by atoms with Crippen molar-refractivity contribution in [3.05, 3.63) is 101 Å². The van der Waals surface area contributed by atoms with Gasteiger partial charge >= 0.3 is 0 Å². The highest BCUT2D eigenvalue weighted by Gasteiger charge is 2.22. The van der Waals surface area contributed by atoms with Crippen LogP contribution in [0.1, 0.15) is 47.5 Å². The standard InChI is InChI=1S/C30H35N5O2S/c1-23-9-11-24(12-10-23)20-28-32-30(38-33-28)35(22-27-8-5-19-37-27)18-15-29(36)31-26-13-16-34(17-14-26)21-25-6-3-2-4-7-25/h2-12,19,26H,13-18,20-22H2,1H3,(H,31,36). The number of benzene rings is 2. The summed E-state index contributed by atoms with van der Waals surface area (Å²) in [5, 5.41) is 4.07. The fraction of sp³-hybridized carbons (Fsp3) is 0.367. The first-order valence-corrected chi connectivity index (χ1v) is 14.1. The van der Waals surface area contributed by atoms with Crippen LogP contribution in [0.4, 0.5) is 5.13 Å². The van der Waals surface area contributed by atoms with Crippen molar-refractivity contribution in [3.8, 4) is 0 Å². The Kier molecular flexibility index (Phi) is 8.83. The third-order valence-corrected chi connectivity index (χ3v) is 7.76. The smallest absolute Gasteiger partial charge is 0.221 e. The summed E-state index contributed by atoms with van der Waals surface area (Å²) in [6, 6.07) is 23.1. The Labute approximate surface area is 228 Å². The van der Waals surface area contributed by atoms with Gasteiger partial charge in [-0.3, -0.25) is 9.69 Å². The second kappa shape index (κ2) is 12.8. The summed E-state index contributed by atoms with van der Waals surface area (Å²) in [7, 11) is 0. The molecule has 0 spiro atoms. The maximum Gasteiger partial charge on any atom is 0.221 e. The lowest BCUT2D eigenvalue weighted by atomic mass is 10.0. The molecule has 3 heterocycles. The van der Waals surface area contributed by atoms with Crippen molar-refractivity contribution in [3.63, 3.8) is 0 Å². The van der Waals surface area contributed by atoms with E-state index in [0.717, 1.165) is 49.2 Å². The Balaban J connectivity index is 1.13. The molecule has 1 fully saturated rings. The lowest BCUT2D eigenvalue weighted by Gasteiger charge is -2.32. The van der Waals surface area contributed by atoms with Gasteiger partial charge in [-0.05, 0) is 43.0 Å². The van der Waals surface area contributed by atoms with Crippen LogP contribution in [0.2, 0.25) is 0 Å². The van der Waals surface area contributed by atoms with Crippen molar-refractivity contribution < 1.29 is 9.21 Å². The van der Waals surface area contributed by atoms with Crippen molar-refractivity contribution in [2.24, 2.45) is 0 Å². The normalized spacial score (nSPS) is 14.4. The molecule has 2 aromatic heterocycles. The van der Waals surface area contributed by atoms with E-state index in [9.17, 15) is 4.79 Å². The number of carbonyl (C=O) groups is 1. The first-order valence-electron chi connectivity index (χ1n) is 13.3. The van der Waals surface area contributed by atoms with Crippen LogP contribution in [0.25, 0.3) is 0 Å². The zero-order valence-electron chi connectivity index (χ0n) is 21.9. The molecule has 198 valence electrons. The molecule has 7 nitrogen and oxygen atoms in total. The van der Waals surface area contributed by atoms with Gasteiger partial charge in [0.05, 0.1) is 12.8 Å². The van der Waals surface area contributed by atoms with E-state index in [-0.39, 0.29) is 11.9 Å². The minimum Gasteiger partial charge on any atom is -0.467 e. The summed E-state index contributed by atoms with van der Waals surface area (Å²) < 4.78 is 10.2. The first kappa shape index (κ1) is 26.1. The molecule has 4 aromatic rings. The number of nitrogens with zero attached hydrogens (tertiary/aromatic N) is 4. The Bertz CT molecular complexity index is 1270. The monoisotopic (exact) mass is 529 g/mol. The summed E-state index contributed by atoms with van der Waals surface area (Å²) in [6.07, 6.45) is 4.72. The van der Waals surface area contributed by atoms with Gasteiger partial charge in [0.2, 0.25) is 11.0 Å². The van der Waals surface area contributed by atoms with Gasteiger partial charge in [-0.15, -0.1) is 0 Å². The molecule has 8 heteroatoms. The van der Waals surface area contributed by atoms with Crippen LogP contribution < -0.4 is 10.2 Å². The van der Waals surface area contributed by atoms with E-state index in [1.807, 2.05) is 12.1 Å². The van der Waals surface area contributed by atoms with Crippen LogP contribution in [0.15, 0.2) is 77.4 Å². The average Bonchev–Trinajstić information content (AvgIpc) is 3.62. The molecule has 0 atom stereocenters. The number of hydrogen-bond donors (Lipinski definition) is 1. The van der Waals surface area contributed by atoms with Gasteiger partial charge in [0.1, 0.15) is 11.6 Å². The molecule has 5 rings (SSSR count). The van der Waals surface area contributed by atoms with Gasteiger partial charge in [0.15, 0.2) is 0 Å². The summed E-state index contributed by atoms with van der Waals surface area (Å²) >= 11 is 1.38. The number of piperidine rings is 1. The van der Waals surface area contributed by atoms with Crippen LogP contribution in [0.5, 0.6) is 0 Å². The molecule has 0 saturated carbocycles. The van der Waals surface area contributed by atoms with Gasteiger partial charge in [-0.2, -0.15) is 4.37 Å². The van der Waals surface area contributed by atoms with Crippen LogP contribution in [0, 0.1) is 6.92 Å². The predicted molar refractivity (Wildman–Crippen MR) is 151 cm³/mol. The average molecular weight is 530 g/mol. The summed E-state index contributed by atoms with van der Waals surface area (Å²) in [5.74, 6) is 1.72. The van der Waals surface area contributed by atoms with Gasteiger partial charge in [-0.1, -0.05) is 60.2 Å². The quantitative estimate of drug-likeness (QED) is 0.288. The summed E-state index contributed by atoms with van der Waals surface area (Å²) in [5.41, 5.74) is 3.76. The van der Waals surface area contributed by atoms with Crippen molar-refractivity contribution in [2.45, 2.75) is 51.7 Å². The second-order valence-electron chi connectivity index (χ2n) is 10.0. The maximum atomic E-state index is 12.9. The topological polar surface area (TPSA) is 74.5 Å². The zero-order valence-corrected chi connectivity index (χ0v) is 22.7. The van der Waals surface area contributed by atoms with Gasteiger partial charge in [0, 0.05) is 56.6 Å². The number of amides is 1. The predicted octanol–water partition coefficient (Wildman–Crippen LogP) is 5.21. The molecular weight excluding hydrogens is 494 g/mol. The van der Waals surface area contributed by atoms with E-state index in [1.54, 1.807) is 6.26 Å². The summed E-state index contributed by atoms with van der Waals surface area (Å²) in [6.45, 7) is 6.16. The molecule has 0 unspecified atom stereocenters. The van der Waals surface area contributed by atoms with E-state index >= 15 is 0 Å². The van der Waals surface area contributed by atoms with E-state index in [4.69, 9.17) is 9.40 Å². The Morgan fingerprint density at radius 1 is 1.05 bits per heavy atom. The molecule has 1 N–H and O–H groups in total. The fourth-order valence-corrected chi connectivity index (χ4v) is 5.49. The van der Waals surface area contributed by atoms with Crippen LogP contribution in [-0.4, -0.2) is 45.8 Å². The van der Waals surface area contributed by atoms with E-state index in [0.29, 0.717) is 25.9 Å². The third-order valence-electron chi connectivity index (χ3n) is 6.95. The molecule has 2 aromatic carbocycles. The summed E-state index contributed by atoms with van der Waals surface area (Å²) in [4.78, 5) is 22.2. The molecule has 0 radical (unpaired) electrons. The van der Waals surface area contributed by atoms with Gasteiger partial charge < -0.3 is 14.6 Å². The van der Waals surface area contributed by atoms with E-state index in [1.165, 1.54) is 28.2 Å². The lowest BCUT2D eigenvalue weighted by molar-refractivity contribution is -0.121. The SMILES string of the molecule is Cc1ccc(Cc2nsc(N(CCC(=O)NC3CCN(Cc4ccccc4)CC3)Cc3ccco3)n2)cc1. The number of likely N-dealkylation sites (tertiary alicyclic amines) is 1. The number of anilines is 1. The number of furan rings is 1. The minimum atomic E-state index is 0.0837. The minimum absolute atomic E-state index is 0.0837. The molecule has 1 saturated heterocycles. The highest BCUT2D eigenvalue weighted by atomic mass is 32.1. The molecule has 1 amide bonds. The van der Waals surface area contributed by atoms with Crippen LogP contribution in [0.3, 0.4) is 0 Å². The van der Waals surface area contributed by atoms with Crippen molar-refractivity contribution in [2.75, 3.05) is 24.5 Å². The largest absolute Gasteiger partial charge is 0.467 e. The zero-order chi connectivity index (χ0) is 26.2. The van der Waals surface area contributed by atoms with Crippen molar-refractivity contribution in [1.82, 2.24) is 19.6 Å². The molecule has 0 bridgehead atoms. The highest BCUT2D eigenvalue weighted by Crippen LogP contribution is 2.22. The molecule has 1 aliphatic heterocycles. The molecule has 38 heavy (non-hydrogen) atoms. The number of rotatable bonds is 11. The fourth-order valence-electron chi connectivity index (χ4n) is 4.78. The van der Waals surface area contributed by atoms with Crippen LogP contribution in [-0.2, 0) is 24.3 Å². The van der Waals surface area contributed by atoms with E-state index < -0.39 is 0 Å². The first-order chi connectivity index (χ1) is 18.6. The number of aryl methyl sites for hydroxylation is 1. The van der Waals surface area contributed by atoms with Crippen molar-refractivity contribution in [1.29, 1.82) is 0 Å². The number of aromatic nitrogens is 2. The van der Waals surface area contributed by atoms with E-state index in [2.05, 4.69) is 81.0 Å². The number of carbonyl (C=O) groups excluding carboxylic acids is 1. The Hall–Kier alpha value is -3.49. The lowest BCUT2D eigenvalue weighted by Crippen LogP contribution is -2.45. The molecular formula is C30H35N5O2S. The van der Waals surface area contributed by atoms with Gasteiger partial charge in [-0.25, -0.2) is 4.98 Å². The van der Waals surface area contributed by atoms with Crippen LogP contribution >= 0.6 is 11.5 Å². The highest BCUT2D eigenvalue weighted by molar-refractivity contribution is 7.09. The Morgan fingerprint density at radius 3 is 2.58 bits per heavy atom. The molecule has 1 aliphatic rings. The second-order valence-corrected chi connectivity index (χ2v) is 10.7. The maximum absolute atomic E-state index is 12.9. The number of nitrogens with one attached hydrogen (secondary N) is 1.